The molecule has 0 aliphatic heterocycles. The standard InChI is InChI=1S/C10H13N3O/c1-7-9(14)3-4-13-6-12-8(5-11-2)10(7)13/h3-4,6,11,14H,5H2,1-2H3. The lowest BCUT2D eigenvalue weighted by molar-refractivity contribution is 0.471. The summed E-state index contributed by atoms with van der Waals surface area (Å²) in [5.41, 5.74) is 2.82. The van der Waals surface area contributed by atoms with E-state index in [1.165, 1.54) is 0 Å². The summed E-state index contributed by atoms with van der Waals surface area (Å²) in [6, 6.07) is 1.67. The molecule has 74 valence electrons. The molecule has 0 bridgehead atoms. The van der Waals surface area contributed by atoms with Crippen LogP contribution in [0.25, 0.3) is 5.52 Å². The summed E-state index contributed by atoms with van der Waals surface area (Å²) < 4.78 is 1.92. The number of aromatic hydroxyl groups is 1. The van der Waals surface area contributed by atoms with Crippen LogP contribution >= 0.6 is 0 Å². The van der Waals surface area contributed by atoms with Crippen molar-refractivity contribution in [2.75, 3.05) is 7.05 Å². The molecule has 4 nitrogen and oxygen atoms in total. The van der Waals surface area contributed by atoms with Gasteiger partial charge in [-0.05, 0) is 20.0 Å². The fourth-order valence-electron chi connectivity index (χ4n) is 1.62. The number of rotatable bonds is 2. The molecular formula is C10H13N3O. The second-order valence-corrected chi connectivity index (χ2v) is 3.30. The number of imidazole rings is 1. The Bertz CT molecular complexity index is 462. The lowest BCUT2D eigenvalue weighted by Crippen LogP contribution is -2.06. The molecule has 4 heteroatoms. The Kier molecular flexibility index (Phi) is 2.13. The Morgan fingerprint density at radius 2 is 2.36 bits per heavy atom. The van der Waals surface area contributed by atoms with E-state index >= 15 is 0 Å². The van der Waals surface area contributed by atoms with Crippen molar-refractivity contribution in [3.8, 4) is 5.75 Å². The van der Waals surface area contributed by atoms with Crippen LogP contribution in [0.4, 0.5) is 0 Å². The van der Waals surface area contributed by atoms with Gasteiger partial charge in [0.1, 0.15) is 5.75 Å². The zero-order chi connectivity index (χ0) is 10.1. The van der Waals surface area contributed by atoms with E-state index in [4.69, 9.17) is 0 Å². The Hall–Kier alpha value is -1.55. The fourth-order valence-corrected chi connectivity index (χ4v) is 1.62. The summed E-state index contributed by atoms with van der Waals surface area (Å²) in [4.78, 5) is 4.28. The van der Waals surface area contributed by atoms with E-state index in [1.54, 1.807) is 12.4 Å². The monoisotopic (exact) mass is 191 g/mol. The smallest absolute Gasteiger partial charge is 0.122 e. The first kappa shape index (κ1) is 9.02. The van der Waals surface area contributed by atoms with Crippen molar-refractivity contribution < 1.29 is 5.11 Å². The zero-order valence-electron chi connectivity index (χ0n) is 8.28. The highest BCUT2D eigenvalue weighted by Crippen LogP contribution is 2.22. The molecule has 0 radical (unpaired) electrons. The number of pyridine rings is 1. The van der Waals surface area contributed by atoms with Crippen molar-refractivity contribution in [3.05, 3.63) is 29.8 Å². The average molecular weight is 191 g/mol. The summed E-state index contributed by atoms with van der Waals surface area (Å²) in [5, 5.41) is 12.6. The molecule has 2 aromatic rings. The van der Waals surface area contributed by atoms with Gasteiger partial charge in [-0.25, -0.2) is 4.98 Å². The van der Waals surface area contributed by atoms with Gasteiger partial charge in [0.25, 0.3) is 0 Å². The highest BCUT2D eigenvalue weighted by Gasteiger charge is 2.08. The molecule has 0 aliphatic carbocycles. The highest BCUT2D eigenvalue weighted by atomic mass is 16.3. The zero-order valence-corrected chi connectivity index (χ0v) is 8.28. The van der Waals surface area contributed by atoms with Crippen molar-refractivity contribution >= 4 is 5.52 Å². The lowest BCUT2D eigenvalue weighted by Gasteiger charge is -2.03. The molecule has 0 spiro atoms. The molecule has 2 rings (SSSR count). The first-order valence-electron chi connectivity index (χ1n) is 4.52. The maximum atomic E-state index is 9.57. The molecule has 2 N–H and O–H groups in total. The minimum atomic E-state index is 0.315. The summed E-state index contributed by atoms with van der Waals surface area (Å²) >= 11 is 0. The topological polar surface area (TPSA) is 49.6 Å². The van der Waals surface area contributed by atoms with Gasteiger partial charge in [0.15, 0.2) is 0 Å². The molecule has 0 saturated heterocycles. The maximum absolute atomic E-state index is 9.57. The van der Waals surface area contributed by atoms with Crippen LogP contribution in [0.15, 0.2) is 18.6 Å². The second kappa shape index (κ2) is 3.31. The number of hydrogen-bond donors (Lipinski definition) is 2. The molecule has 14 heavy (non-hydrogen) atoms. The van der Waals surface area contributed by atoms with Crippen LogP contribution in [0.1, 0.15) is 11.3 Å². The van der Waals surface area contributed by atoms with Crippen molar-refractivity contribution in [2.45, 2.75) is 13.5 Å². The summed E-state index contributed by atoms with van der Waals surface area (Å²) in [6.45, 7) is 2.60. The minimum absolute atomic E-state index is 0.315. The Labute approximate surface area is 82.2 Å². The fraction of sp³-hybridized carbons (Fsp3) is 0.300. The average Bonchev–Trinajstić information content (AvgIpc) is 2.57. The number of hydrogen-bond acceptors (Lipinski definition) is 3. The normalized spacial score (nSPS) is 11.0. The largest absolute Gasteiger partial charge is 0.508 e. The van der Waals surface area contributed by atoms with E-state index in [9.17, 15) is 5.11 Å². The van der Waals surface area contributed by atoms with Gasteiger partial charge in [0, 0.05) is 18.3 Å². The third kappa shape index (κ3) is 1.24. The molecule has 2 aromatic heterocycles. The third-order valence-electron chi connectivity index (χ3n) is 2.35. The molecule has 2 heterocycles. The summed E-state index contributed by atoms with van der Waals surface area (Å²) in [7, 11) is 1.88. The van der Waals surface area contributed by atoms with E-state index in [2.05, 4.69) is 10.3 Å². The predicted molar refractivity (Wildman–Crippen MR) is 54.4 cm³/mol. The van der Waals surface area contributed by atoms with Gasteiger partial charge in [-0.1, -0.05) is 0 Å². The number of aryl methyl sites for hydroxylation is 1. The van der Waals surface area contributed by atoms with Crippen LogP contribution in [0, 0.1) is 6.92 Å². The number of aromatic nitrogens is 2. The van der Waals surface area contributed by atoms with Gasteiger partial charge < -0.3 is 14.8 Å². The van der Waals surface area contributed by atoms with Gasteiger partial charge >= 0.3 is 0 Å². The van der Waals surface area contributed by atoms with Crippen LogP contribution in [0.3, 0.4) is 0 Å². The van der Waals surface area contributed by atoms with E-state index in [0.717, 1.165) is 16.8 Å². The van der Waals surface area contributed by atoms with E-state index in [0.29, 0.717) is 12.3 Å². The van der Waals surface area contributed by atoms with E-state index < -0.39 is 0 Å². The van der Waals surface area contributed by atoms with Crippen LogP contribution in [-0.2, 0) is 6.54 Å². The third-order valence-corrected chi connectivity index (χ3v) is 2.35. The number of nitrogens with zero attached hydrogens (tertiary/aromatic N) is 2. The molecule has 0 aliphatic rings. The van der Waals surface area contributed by atoms with Gasteiger partial charge in [-0.2, -0.15) is 0 Å². The SMILES string of the molecule is CNCc1ncn2ccc(O)c(C)c12. The Morgan fingerprint density at radius 1 is 1.57 bits per heavy atom. The van der Waals surface area contributed by atoms with Gasteiger partial charge in [0.05, 0.1) is 17.5 Å². The first-order valence-corrected chi connectivity index (χ1v) is 4.52. The van der Waals surface area contributed by atoms with Crippen molar-refractivity contribution in [3.63, 3.8) is 0 Å². The van der Waals surface area contributed by atoms with Gasteiger partial charge in [0.2, 0.25) is 0 Å². The molecular weight excluding hydrogens is 178 g/mol. The van der Waals surface area contributed by atoms with Gasteiger partial charge in [-0.15, -0.1) is 0 Å². The Balaban J connectivity index is 2.69. The summed E-state index contributed by atoms with van der Waals surface area (Å²) in [6.07, 6.45) is 3.57. The van der Waals surface area contributed by atoms with E-state index in [1.807, 2.05) is 24.6 Å². The molecule has 0 fully saturated rings. The van der Waals surface area contributed by atoms with Crippen LogP contribution in [-0.4, -0.2) is 21.5 Å². The highest BCUT2D eigenvalue weighted by molar-refractivity contribution is 5.62. The molecule has 0 amide bonds. The quantitative estimate of drug-likeness (QED) is 0.746. The van der Waals surface area contributed by atoms with Crippen molar-refractivity contribution in [2.24, 2.45) is 0 Å². The molecule has 0 aromatic carbocycles. The molecule has 0 saturated carbocycles. The molecule has 0 unspecified atom stereocenters. The van der Waals surface area contributed by atoms with Crippen molar-refractivity contribution in [1.29, 1.82) is 0 Å². The maximum Gasteiger partial charge on any atom is 0.122 e. The van der Waals surface area contributed by atoms with Crippen LogP contribution in [0.5, 0.6) is 5.75 Å². The summed E-state index contributed by atoms with van der Waals surface area (Å²) in [5.74, 6) is 0.315. The predicted octanol–water partition coefficient (Wildman–Crippen LogP) is 1.07. The van der Waals surface area contributed by atoms with Crippen LogP contribution < -0.4 is 5.32 Å². The van der Waals surface area contributed by atoms with Crippen molar-refractivity contribution in [1.82, 2.24) is 14.7 Å². The van der Waals surface area contributed by atoms with Gasteiger partial charge in [-0.3, -0.25) is 0 Å². The Morgan fingerprint density at radius 3 is 3.07 bits per heavy atom. The van der Waals surface area contributed by atoms with Crippen LogP contribution in [0.2, 0.25) is 0 Å². The second-order valence-electron chi connectivity index (χ2n) is 3.30. The number of nitrogens with one attached hydrogen (secondary N) is 1. The first-order chi connectivity index (χ1) is 6.74. The molecule has 0 atom stereocenters. The minimum Gasteiger partial charge on any atom is -0.508 e. The van der Waals surface area contributed by atoms with E-state index in [-0.39, 0.29) is 0 Å². The lowest BCUT2D eigenvalue weighted by atomic mass is 10.2. The number of fused-ring (bicyclic) bond motifs is 1.